The second-order valence-electron chi connectivity index (χ2n) is 8.17. The number of hydrogen-bond acceptors (Lipinski definition) is 4. The summed E-state index contributed by atoms with van der Waals surface area (Å²) < 4.78 is 8.04. The Balaban J connectivity index is 1.85. The van der Waals surface area contributed by atoms with Gasteiger partial charge >= 0.3 is 11.3 Å². The standard InChI is InChI=1S/C25H28N4O3/c1-4-6-17-11-12-21-20(14-17)26-22-23(27-25(31)28-24(22)30)29(21)15-19(32-5-2)13-18-9-7-16(3)8-10-18/h7-12,14,19H,4-6,13,15H2,1-3H3,(H,28,30,31)/p+1. The fourth-order valence-corrected chi connectivity index (χ4v) is 4.13. The molecule has 0 radical (unpaired) electrons. The lowest BCUT2D eigenvalue weighted by molar-refractivity contribution is -0.655. The number of aryl methyl sites for hydroxylation is 2. The second kappa shape index (κ2) is 9.44. The van der Waals surface area contributed by atoms with Gasteiger partial charge in [0.1, 0.15) is 12.1 Å². The van der Waals surface area contributed by atoms with Crippen LogP contribution in [-0.2, 0) is 24.1 Å². The molecular formula is C25H29N4O3+. The van der Waals surface area contributed by atoms with Crippen molar-refractivity contribution in [2.45, 2.75) is 52.7 Å². The lowest BCUT2D eigenvalue weighted by Gasteiger charge is -2.18. The van der Waals surface area contributed by atoms with E-state index in [1.807, 2.05) is 23.6 Å². The topological polar surface area (TPSA) is 91.7 Å². The van der Waals surface area contributed by atoms with Crippen LogP contribution >= 0.6 is 0 Å². The molecule has 7 heteroatoms. The van der Waals surface area contributed by atoms with Gasteiger partial charge in [-0.2, -0.15) is 4.98 Å². The third-order valence-electron chi connectivity index (χ3n) is 5.64. The molecule has 0 saturated carbocycles. The van der Waals surface area contributed by atoms with Crippen molar-refractivity contribution in [2.75, 3.05) is 6.61 Å². The minimum Gasteiger partial charge on any atom is -0.374 e. The van der Waals surface area contributed by atoms with E-state index in [1.165, 1.54) is 16.7 Å². The Kier molecular flexibility index (Phi) is 6.46. The molecule has 7 nitrogen and oxygen atoms in total. The van der Waals surface area contributed by atoms with Crippen LogP contribution in [0.1, 0.15) is 37.0 Å². The first-order chi connectivity index (χ1) is 15.5. The van der Waals surface area contributed by atoms with Crippen molar-refractivity contribution >= 4 is 22.2 Å². The third-order valence-corrected chi connectivity index (χ3v) is 5.64. The van der Waals surface area contributed by atoms with Gasteiger partial charge in [0.05, 0.1) is 6.10 Å². The molecule has 0 amide bonds. The number of nitrogens with one attached hydrogen (secondary N) is 2. The molecule has 32 heavy (non-hydrogen) atoms. The Hall–Kier alpha value is -3.32. The van der Waals surface area contributed by atoms with Crippen LogP contribution in [0.25, 0.3) is 22.2 Å². The third kappa shape index (κ3) is 4.62. The fourth-order valence-electron chi connectivity index (χ4n) is 4.13. The molecule has 2 aromatic heterocycles. The van der Waals surface area contributed by atoms with Gasteiger partial charge in [-0.15, -0.1) is 0 Å². The minimum absolute atomic E-state index is 0.139. The van der Waals surface area contributed by atoms with Crippen molar-refractivity contribution < 1.29 is 9.30 Å². The van der Waals surface area contributed by atoms with Gasteiger partial charge in [-0.05, 0) is 43.5 Å². The van der Waals surface area contributed by atoms with Crippen LogP contribution < -0.4 is 15.8 Å². The first-order valence-corrected chi connectivity index (χ1v) is 11.1. The molecule has 4 rings (SSSR count). The number of fused-ring (bicyclic) bond motifs is 2. The summed E-state index contributed by atoms with van der Waals surface area (Å²) in [6.07, 6.45) is 2.54. The number of aromatic nitrogens is 4. The molecule has 0 saturated heterocycles. The molecular weight excluding hydrogens is 404 g/mol. The van der Waals surface area contributed by atoms with Gasteiger partial charge in [0.15, 0.2) is 5.52 Å². The highest BCUT2D eigenvalue weighted by Crippen LogP contribution is 2.16. The Bertz CT molecular complexity index is 1360. The van der Waals surface area contributed by atoms with Crippen LogP contribution in [0, 0.1) is 6.92 Å². The highest BCUT2D eigenvalue weighted by molar-refractivity contribution is 5.79. The SMILES string of the molecule is CCCc1ccc2c(c1)nc1c(=O)[nH]c(=O)[nH]c1[n+]2CC(Cc1ccc(C)cc1)OCC. The predicted molar refractivity (Wildman–Crippen MR) is 125 cm³/mol. The molecule has 166 valence electrons. The van der Waals surface area contributed by atoms with Crippen molar-refractivity contribution in [3.8, 4) is 0 Å². The summed E-state index contributed by atoms with van der Waals surface area (Å²) in [5.74, 6) is 0. The van der Waals surface area contributed by atoms with Crippen molar-refractivity contribution in [1.82, 2.24) is 15.0 Å². The molecule has 4 aromatic rings. The molecule has 0 aliphatic carbocycles. The highest BCUT2D eigenvalue weighted by Gasteiger charge is 2.22. The van der Waals surface area contributed by atoms with Gasteiger partial charge in [-0.25, -0.2) is 14.3 Å². The van der Waals surface area contributed by atoms with Crippen LogP contribution in [0.3, 0.4) is 0 Å². The molecule has 1 unspecified atom stereocenters. The molecule has 0 spiro atoms. The van der Waals surface area contributed by atoms with Crippen molar-refractivity contribution in [3.63, 3.8) is 0 Å². The second-order valence-corrected chi connectivity index (χ2v) is 8.17. The smallest absolute Gasteiger partial charge is 0.374 e. The number of ether oxygens (including phenoxy) is 1. The molecule has 2 heterocycles. The molecule has 0 bridgehead atoms. The van der Waals surface area contributed by atoms with Crippen molar-refractivity contribution in [2.24, 2.45) is 0 Å². The fraction of sp³-hybridized carbons (Fsp3) is 0.360. The van der Waals surface area contributed by atoms with Gasteiger partial charge in [-0.3, -0.25) is 9.78 Å². The van der Waals surface area contributed by atoms with Crippen LogP contribution in [0.2, 0.25) is 0 Å². The van der Waals surface area contributed by atoms with E-state index in [1.54, 1.807) is 0 Å². The average Bonchev–Trinajstić information content (AvgIpc) is 2.76. The Morgan fingerprint density at radius 2 is 1.78 bits per heavy atom. The monoisotopic (exact) mass is 433 g/mol. The van der Waals surface area contributed by atoms with Gasteiger partial charge in [0.2, 0.25) is 5.52 Å². The number of benzene rings is 2. The van der Waals surface area contributed by atoms with E-state index in [4.69, 9.17) is 4.74 Å². The number of rotatable bonds is 8. The van der Waals surface area contributed by atoms with E-state index < -0.39 is 11.2 Å². The summed E-state index contributed by atoms with van der Waals surface area (Å²) in [5, 5.41) is 0. The van der Waals surface area contributed by atoms with E-state index in [-0.39, 0.29) is 11.6 Å². The molecule has 2 aromatic carbocycles. The number of H-pyrrole nitrogens is 2. The molecule has 0 fully saturated rings. The summed E-state index contributed by atoms with van der Waals surface area (Å²) in [6.45, 7) is 7.21. The summed E-state index contributed by atoms with van der Waals surface area (Å²) in [7, 11) is 0. The lowest BCUT2D eigenvalue weighted by atomic mass is 10.1. The van der Waals surface area contributed by atoms with E-state index in [9.17, 15) is 9.59 Å². The number of nitrogens with zero attached hydrogens (tertiary/aromatic N) is 2. The van der Waals surface area contributed by atoms with Crippen molar-refractivity contribution in [3.05, 3.63) is 80.0 Å². The van der Waals surface area contributed by atoms with Crippen molar-refractivity contribution in [1.29, 1.82) is 0 Å². The zero-order valence-corrected chi connectivity index (χ0v) is 18.8. The summed E-state index contributed by atoms with van der Waals surface area (Å²) in [5.41, 5.74) is 4.72. The van der Waals surface area contributed by atoms with Gasteiger partial charge in [0.25, 0.3) is 5.56 Å². The van der Waals surface area contributed by atoms with Gasteiger partial charge in [-0.1, -0.05) is 49.2 Å². The zero-order chi connectivity index (χ0) is 22.7. The van der Waals surface area contributed by atoms with Crippen LogP contribution in [0.5, 0.6) is 0 Å². The normalized spacial score (nSPS) is 12.5. The van der Waals surface area contributed by atoms with Gasteiger partial charge in [0, 0.05) is 13.0 Å². The molecule has 0 aliphatic rings. The van der Waals surface area contributed by atoms with Crippen LogP contribution in [-0.4, -0.2) is 27.7 Å². The van der Waals surface area contributed by atoms with E-state index in [0.29, 0.717) is 25.2 Å². The molecule has 0 aliphatic heterocycles. The van der Waals surface area contributed by atoms with Crippen LogP contribution in [0.15, 0.2) is 52.1 Å². The first-order valence-electron chi connectivity index (χ1n) is 11.1. The average molecular weight is 434 g/mol. The minimum atomic E-state index is -0.550. The van der Waals surface area contributed by atoms with Crippen LogP contribution in [0.4, 0.5) is 0 Å². The summed E-state index contributed by atoms with van der Waals surface area (Å²) in [4.78, 5) is 34.3. The quantitative estimate of drug-likeness (QED) is 0.330. The molecule has 2 N–H and O–H groups in total. The van der Waals surface area contributed by atoms with E-state index in [0.717, 1.165) is 23.9 Å². The van der Waals surface area contributed by atoms with E-state index >= 15 is 0 Å². The Morgan fingerprint density at radius 1 is 1.03 bits per heavy atom. The Labute approximate surface area is 186 Å². The maximum Gasteiger partial charge on any atom is 0.413 e. The number of hydrogen-bond donors (Lipinski definition) is 2. The Morgan fingerprint density at radius 3 is 2.50 bits per heavy atom. The lowest BCUT2D eigenvalue weighted by Crippen LogP contribution is -2.46. The maximum absolute atomic E-state index is 12.6. The summed E-state index contributed by atoms with van der Waals surface area (Å²) >= 11 is 0. The number of aromatic amines is 2. The molecule has 1 atom stereocenters. The van der Waals surface area contributed by atoms with Gasteiger partial charge < -0.3 is 4.74 Å². The largest absolute Gasteiger partial charge is 0.413 e. The zero-order valence-electron chi connectivity index (χ0n) is 18.8. The highest BCUT2D eigenvalue weighted by atomic mass is 16.5. The predicted octanol–water partition coefficient (Wildman–Crippen LogP) is 2.96. The van der Waals surface area contributed by atoms with E-state index in [2.05, 4.69) is 59.1 Å². The summed E-state index contributed by atoms with van der Waals surface area (Å²) in [6, 6.07) is 14.5. The maximum atomic E-state index is 12.6. The first kappa shape index (κ1) is 21.9.